The van der Waals surface area contributed by atoms with Gasteiger partial charge in [-0.2, -0.15) is 0 Å². The fourth-order valence-electron chi connectivity index (χ4n) is 4.03. The molecule has 2 aliphatic heterocycles. The molecular formula is C17H23NO2. The first-order chi connectivity index (χ1) is 9.65. The second-order valence-corrected chi connectivity index (χ2v) is 6.20. The van der Waals surface area contributed by atoms with Gasteiger partial charge in [0.15, 0.2) is 0 Å². The molecule has 1 aromatic carbocycles. The molecule has 20 heavy (non-hydrogen) atoms. The Balaban J connectivity index is 1.80. The highest BCUT2D eigenvalue weighted by Gasteiger charge is 2.46. The Kier molecular flexibility index (Phi) is 3.79. The van der Waals surface area contributed by atoms with Crippen LogP contribution in [0, 0.1) is 5.92 Å². The van der Waals surface area contributed by atoms with Crippen molar-refractivity contribution in [3.8, 4) is 0 Å². The van der Waals surface area contributed by atoms with Crippen molar-refractivity contribution < 1.29 is 9.53 Å². The Labute approximate surface area is 120 Å². The van der Waals surface area contributed by atoms with Crippen molar-refractivity contribution in [3.63, 3.8) is 0 Å². The van der Waals surface area contributed by atoms with Crippen molar-refractivity contribution in [1.82, 2.24) is 4.90 Å². The highest BCUT2D eigenvalue weighted by Crippen LogP contribution is 2.40. The van der Waals surface area contributed by atoms with Crippen LogP contribution in [0.1, 0.15) is 31.7 Å². The van der Waals surface area contributed by atoms with Gasteiger partial charge in [-0.3, -0.25) is 9.69 Å². The molecule has 0 aromatic heterocycles. The van der Waals surface area contributed by atoms with E-state index in [9.17, 15) is 4.79 Å². The van der Waals surface area contributed by atoms with Gasteiger partial charge in [-0.15, -0.1) is 0 Å². The van der Waals surface area contributed by atoms with Crippen molar-refractivity contribution in [3.05, 3.63) is 35.9 Å². The molecule has 1 aromatic rings. The molecule has 2 fully saturated rings. The SMILES string of the molecule is CC(=O)O[C@@H]1C[C@@H]2CC[C@H]([C@@H]1Cc1ccccc1)N2C. The Bertz CT molecular complexity index is 473. The average Bonchev–Trinajstić information content (AvgIpc) is 2.67. The van der Waals surface area contributed by atoms with Gasteiger partial charge in [0.1, 0.15) is 6.10 Å². The molecule has 3 nitrogen and oxygen atoms in total. The predicted molar refractivity (Wildman–Crippen MR) is 78.4 cm³/mol. The Morgan fingerprint density at radius 3 is 2.75 bits per heavy atom. The first kappa shape index (κ1) is 13.6. The minimum absolute atomic E-state index is 0.0846. The summed E-state index contributed by atoms with van der Waals surface area (Å²) in [6, 6.07) is 11.7. The van der Waals surface area contributed by atoms with Gasteiger partial charge in [0, 0.05) is 31.3 Å². The number of piperidine rings is 1. The number of ether oxygens (including phenoxy) is 1. The lowest BCUT2D eigenvalue weighted by Crippen LogP contribution is -2.51. The van der Waals surface area contributed by atoms with Gasteiger partial charge in [-0.05, 0) is 31.9 Å². The lowest BCUT2D eigenvalue weighted by molar-refractivity contribution is -0.154. The zero-order valence-corrected chi connectivity index (χ0v) is 12.3. The topological polar surface area (TPSA) is 29.5 Å². The van der Waals surface area contributed by atoms with E-state index in [0.29, 0.717) is 18.0 Å². The quantitative estimate of drug-likeness (QED) is 0.793. The van der Waals surface area contributed by atoms with E-state index in [4.69, 9.17) is 4.74 Å². The first-order valence-electron chi connectivity index (χ1n) is 7.58. The van der Waals surface area contributed by atoms with E-state index in [2.05, 4.69) is 36.2 Å². The summed E-state index contributed by atoms with van der Waals surface area (Å²) in [5.74, 6) is 0.280. The third kappa shape index (κ3) is 2.59. The molecule has 3 heteroatoms. The average molecular weight is 273 g/mol. The first-order valence-corrected chi connectivity index (χ1v) is 7.58. The van der Waals surface area contributed by atoms with Gasteiger partial charge in [0.05, 0.1) is 0 Å². The van der Waals surface area contributed by atoms with Crippen molar-refractivity contribution >= 4 is 5.97 Å². The van der Waals surface area contributed by atoms with Crippen molar-refractivity contribution in [1.29, 1.82) is 0 Å². The highest BCUT2D eigenvalue weighted by atomic mass is 16.5. The number of nitrogens with zero attached hydrogens (tertiary/aromatic N) is 1. The van der Waals surface area contributed by atoms with E-state index < -0.39 is 0 Å². The summed E-state index contributed by atoms with van der Waals surface area (Å²) in [6.45, 7) is 1.53. The van der Waals surface area contributed by atoms with Crippen LogP contribution in [0.5, 0.6) is 0 Å². The van der Waals surface area contributed by atoms with Crippen LogP contribution >= 0.6 is 0 Å². The Morgan fingerprint density at radius 2 is 2.05 bits per heavy atom. The molecule has 108 valence electrons. The lowest BCUT2D eigenvalue weighted by Gasteiger charge is -2.42. The molecule has 2 saturated heterocycles. The minimum Gasteiger partial charge on any atom is -0.462 e. The molecule has 2 aliphatic rings. The summed E-state index contributed by atoms with van der Waals surface area (Å²) in [4.78, 5) is 13.9. The second-order valence-electron chi connectivity index (χ2n) is 6.20. The number of esters is 1. The zero-order valence-electron chi connectivity index (χ0n) is 12.3. The Hall–Kier alpha value is -1.35. The minimum atomic E-state index is -0.142. The van der Waals surface area contributed by atoms with Crippen LogP contribution < -0.4 is 0 Å². The predicted octanol–water partition coefficient (Wildman–Crippen LogP) is 2.64. The van der Waals surface area contributed by atoms with Gasteiger partial charge >= 0.3 is 5.97 Å². The largest absolute Gasteiger partial charge is 0.462 e. The van der Waals surface area contributed by atoms with E-state index in [1.807, 2.05) is 6.07 Å². The Morgan fingerprint density at radius 1 is 1.30 bits per heavy atom. The fraction of sp³-hybridized carbons (Fsp3) is 0.588. The maximum atomic E-state index is 11.4. The van der Waals surface area contributed by atoms with Crippen LogP contribution in [0.15, 0.2) is 30.3 Å². The number of benzene rings is 1. The van der Waals surface area contributed by atoms with Gasteiger partial charge in [-0.25, -0.2) is 0 Å². The van der Waals surface area contributed by atoms with E-state index in [1.165, 1.54) is 25.3 Å². The van der Waals surface area contributed by atoms with Crippen LogP contribution in [0.2, 0.25) is 0 Å². The molecule has 2 bridgehead atoms. The summed E-state index contributed by atoms with van der Waals surface area (Å²) in [7, 11) is 2.23. The van der Waals surface area contributed by atoms with Gasteiger partial charge in [0.25, 0.3) is 0 Å². The molecule has 0 aliphatic carbocycles. The molecule has 0 unspecified atom stereocenters. The second kappa shape index (κ2) is 5.57. The molecule has 0 spiro atoms. The molecule has 2 heterocycles. The highest BCUT2D eigenvalue weighted by molar-refractivity contribution is 5.66. The number of hydrogen-bond donors (Lipinski definition) is 0. The molecule has 4 atom stereocenters. The van der Waals surface area contributed by atoms with E-state index >= 15 is 0 Å². The molecule has 3 rings (SSSR count). The van der Waals surface area contributed by atoms with Gasteiger partial charge in [0.2, 0.25) is 0 Å². The van der Waals surface area contributed by atoms with Crippen LogP contribution in [0.25, 0.3) is 0 Å². The summed E-state index contributed by atoms with van der Waals surface area (Å²) in [5.41, 5.74) is 1.34. The summed E-state index contributed by atoms with van der Waals surface area (Å²) >= 11 is 0. The van der Waals surface area contributed by atoms with Crippen LogP contribution in [-0.4, -0.2) is 36.1 Å². The van der Waals surface area contributed by atoms with Crippen LogP contribution in [-0.2, 0) is 16.0 Å². The van der Waals surface area contributed by atoms with Crippen LogP contribution in [0.4, 0.5) is 0 Å². The van der Waals surface area contributed by atoms with E-state index in [-0.39, 0.29) is 12.1 Å². The maximum absolute atomic E-state index is 11.4. The summed E-state index contributed by atoms with van der Waals surface area (Å²) < 4.78 is 5.64. The van der Waals surface area contributed by atoms with E-state index in [0.717, 1.165) is 12.8 Å². The van der Waals surface area contributed by atoms with Crippen molar-refractivity contribution in [2.45, 2.75) is 50.8 Å². The standard InChI is InChI=1S/C17H23NO2/c1-12(19)20-17-11-14-8-9-16(18(14)2)15(17)10-13-6-4-3-5-7-13/h3-7,14-17H,8-11H2,1-2H3/t14-,15-,16+,17+/m0/s1. The van der Waals surface area contributed by atoms with Gasteiger partial charge in [-0.1, -0.05) is 30.3 Å². The molecule has 0 amide bonds. The van der Waals surface area contributed by atoms with Crippen molar-refractivity contribution in [2.24, 2.45) is 5.92 Å². The number of hydrogen-bond acceptors (Lipinski definition) is 3. The third-order valence-electron chi connectivity index (χ3n) is 5.00. The number of fused-ring (bicyclic) bond motifs is 2. The maximum Gasteiger partial charge on any atom is 0.302 e. The van der Waals surface area contributed by atoms with Gasteiger partial charge < -0.3 is 4.74 Å². The summed E-state index contributed by atoms with van der Waals surface area (Å²) in [6.07, 6.45) is 4.55. The summed E-state index contributed by atoms with van der Waals surface area (Å²) in [5, 5.41) is 0. The smallest absolute Gasteiger partial charge is 0.302 e. The molecular weight excluding hydrogens is 250 g/mol. The van der Waals surface area contributed by atoms with Crippen LogP contribution in [0.3, 0.4) is 0 Å². The molecule has 0 saturated carbocycles. The molecule has 0 N–H and O–H groups in total. The monoisotopic (exact) mass is 273 g/mol. The normalized spacial score (nSPS) is 33.1. The number of carbonyl (C=O) groups is 1. The third-order valence-corrected chi connectivity index (χ3v) is 5.00. The molecule has 0 radical (unpaired) electrons. The number of carbonyl (C=O) groups excluding carboxylic acids is 1. The van der Waals surface area contributed by atoms with E-state index in [1.54, 1.807) is 0 Å². The lowest BCUT2D eigenvalue weighted by atomic mass is 9.83. The van der Waals surface area contributed by atoms with Crippen molar-refractivity contribution in [2.75, 3.05) is 7.05 Å². The fourth-order valence-corrected chi connectivity index (χ4v) is 4.03. The zero-order chi connectivity index (χ0) is 14.1. The number of rotatable bonds is 3.